The average Bonchev–Trinajstić information content (AvgIpc) is 3.46. The molecule has 1 aromatic carbocycles. The van der Waals surface area contributed by atoms with Crippen LogP contribution < -0.4 is 0 Å². The third-order valence-corrected chi connectivity index (χ3v) is 7.15. The largest absolute Gasteiger partial charge is 0.338 e. The Hall–Kier alpha value is -2.63. The van der Waals surface area contributed by atoms with Gasteiger partial charge >= 0.3 is 0 Å². The van der Waals surface area contributed by atoms with Gasteiger partial charge in [0.15, 0.2) is 5.69 Å². The number of rotatable bonds is 4. The van der Waals surface area contributed by atoms with E-state index in [0.29, 0.717) is 38.3 Å². The molecule has 2 amide bonds. The molecule has 1 N–H and O–H groups in total. The number of fused-ring (bicyclic) bond motifs is 2. The van der Waals surface area contributed by atoms with Gasteiger partial charge in [-0.2, -0.15) is 5.10 Å². The van der Waals surface area contributed by atoms with Gasteiger partial charge in [0.25, 0.3) is 5.91 Å². The number of aromatic amines is 1. The van der Waals surface area contributed by atoms with Gasteiger partial charge in [-0.3, -0.25) is 14.7 Å². The molecule has 5 rings (SSSR count). The maximum atomic E-state index is 13.3. The first-order valence-electron chi connectivity index (χ1n) is 11.4. The summed E-state index contributed by atoms with van der Waals surface area (Å²) in [5, 5.41) is 7.44. The van der Waals surface area contributed by atoms with Crippen LogP contribution in [0, 0.1) is 5.92 Å². The second-order valence-corrected chi connectivity index (χ2v) is 9.03. The molecule has 0 unspecified atom stereocenters. The molecule has 1 fully saturated rings. The maximum Gasteiger partial charge on any atom is 0.275 e. The normalized spacial score (nSPS) is 18.9. The monoisotopic (exact) mass is 406 g/mol. The SMILES string of the molecule is O=C(CCC1CCCC1)N1CCc2[nH]nc(C(=O)N3CCc4ccccc4C3)c2C1. The number of amides is 2. The molecular formula is C24H30N4O2. The van der Waals surface area contributed by atoms with Crippen LogP contribution in [0.5, 0.6) is 0 Å². The molecule has 0 atom stereocenters. The zero-order valence-electron chi connectivity index (χ0n) is 17.5. The van der Waals surface area contributed by atoms with Gasteiger partial charge in [0, 0.05) is 50.3 Å². The molecule has 1 aliphatic carbocycles. The van der Waals surface area contributed by atoms with Crippen LogP contribution in [0.2, 0.25) is 0 Å². The molecule has 3 heterocycles. The summed E-state index contributed by atoms with van der Waals surface area (Å²) >= 11 is 0. The van der Waals surface area contributed by atoms with E-state index in [1.165, 1.54) is 36.8 Å². The van der Waals surface area contributed by atoms with Crippen molar-refractivity contribution in [1.29, 1.82) is 0 Å². The second kappa shape index (κ2) is 8.25. The number of nitrogens with zero attached hydrogens (tertiary/aromatic N) is 3. The molecule has 6 heteroatoms. The molecule has 6 nitrogen and oxygen atoms in total. The van der Waals surface area contributed by atoms with Crippen LogP contribution in [-0.2, 0) is 30.7 Å². The molecule has 1 saturated carbocycles. The lowest BCUT2D eigenvalue weighted by Gasteiger charge is -2.30. The predicted octanol–water partition coefficient (Wildman–Crippen LogP) is 3.46. The van der Waals surface area contributed by atoms with E-state index in [4.69, 9.17) is 0 Å². The van der Waals surface area contributed by atoms with Crippen molar-refractivity contribution < 1.29 is 9.59 Å². The molecule has 2 aromatic rings. The lowest BCUT2D eigenvalue weighted by atomic mass is 9.98. The summed E-state index contributed by atoms with van der Waals surface area (Å²) in [6.45, 7) is 2.55. The zero-order chi connectivity index (χ0) is 20.5. The lowest BCUT2D eigenvalue weighted by molar-refractivity contribution is -0.132. The highest BCUT2D eigenvalue weighted by Gasteiger charge is 2.31. The molecule has 1 aromatic heterocycles. The van der Waals surface area contributed by atoms with Crippen LogP contribution in [0.3, 0.4) is 0 Å². The third kappa shape index (κ3) is 3.75. The molecule has 30 heavy (non-hydrogen) atoms. The van der Waals surface area contributed by atoms with Crippen LogP contribution in [0.15, 0.2) is 24.3 Å². The first-order valence-corrected chi connectivity index (χ1v) is 11.4. The van der Waals surface area contributed by atoms with Gasteiger partial charge < -0.3 is 9.80 Å². The van der Waals surface area contributed by atoms with Gasteiger partial charge in [0.1, 0.15) is 0 Å². The number of hydrogen-bond donors (Lipinski definition) is 1. The summed E-state index contributed by atoms with van der Waals surface area (Å²) in [5.41, 5.74) is 4.96. The van der Waals surface area contributed by atoms with Crippen molar-refractivity contribution in [2.75, 3.05) is 13.1 Å². The standard InChI is InChI=1S/C24H30N4O2/c29-22(10-9-17-5-1-2-6-17)27-14-12-21-20(16-27)23(26-25-21)24(30)28-13-11-18-7-3-4-8-19(18)15-28/h3-4,7-8,17H,1-2,5-6,9-16H2,(H,25,26). The first-order chi connectivity index (χ1) is 14.7. The summed E-state index contributed by atoms with van der Waals surface area (Å²) in [6, 6.07) is 8.32. The summed E-state index contributed by atoms with van der Waals surface area (Å²) < 4.78 is 0. The fraction of sp³-hybridized carbons (Fsp3) is 0.542. The topological polar surface area (TPSA) is 69.3 Å². The van der Waals surface area contributed by atoms with E-state index < -0.39 is 0 Å². The van der Waals surface area contributed by atoms with E-state index >= 15 is 0 Å². The minimum Gasteiger partial charge on any atom is -0.338 e. The Bertz CT molecular complexity index is 944. The second-order valence-electron chi connectivity index (χ2n) is 9.03. The summed E-state index contributed by atoms with van der Waals surface area (Å²) in [4.78, 5) is 29.9. The van der Waals surface area contributed by atoms with Crippen LogP contribution in [0.25, 0.3) is 0 Å². The Morgan fingerprint density at radius 3 is 2.60 bits per heavy atom. The van der Waals surface area contributed by atoms with Gasteiger partial charge in [-0.15, -0.1) is 0 Å². The smallest absolute Gasteiger partial charge is 0.275 e. The highest BCUT2D eigenvalue weighted by atomic mass is 16.2. The zero-order valence-corrected chi connectivity index (χ0v) is 17.5. The van der Waals surface area contributed by atoms with Gasteiger partial charge in [-0.05, 0) is 29.9 Å². The molecule has 0 spiro atoms. The van der Waals surface area contributed by atoms with Crippen molar-refractivity contribution in [3.63, 3.8) is 0 Å². The van der Waals surface area contributed by atoms with Gasteiger partial charge in [0.05, 0.1) is 0 Å². The summed E-state index contributed by atoms with van der Waals surface area (Å²) in [5.74, 6) is 0.920. The van der Waals surface area contributed by atoms with Crippen molar-refractivity contribution in [1.82, 2.24) is 20.0 Å². The third-order valence-electron chi connectivity index (χ3n) is 7.15. The number of nitrogens with one attached hydrogen (secondary N) is 1. The Kier molecular flexibility index (Phi) is 5.32. The first kappa shape index (κ1) is 19.3. The van der Waals surface area contributed by atoms with E-state index in [-0.39, 0.29) is 11.8 Å². The van der Waals surface area contributed by atoms with Crippen LogP contribution in [-0.4, -0.2) is 44.9 Å². The molecule has 0 radical (unpaired) electrons. The predicted molar refractivity (Wildman–Crippen MR) is 114 cm³/mol. The fourth-order valence-electron chi connectivity index (χ4n) is 5.29. The Labute approximate surface area is 177 Å². The van der Waals surface area contributed by atoms with Gasteiger partial charge in [0.2, 0.25) is 5.91 Å². The number of H-pyrrole nitrogens is 1. The highest BCUT2D eigenvalue weighted by Crippen LogP contribution is 2.30. The Balaban J connectivity index is 1.26. The molecular weight excluding hydrogens is 376 g/mol. The fourth-order valence-corrected chi connectivity index (χ4v) is 5.29. The van der Waals surface area contributed by atoms with E-state index in [0.717, 1.165) is 36.4 Å². The maximum absolute atomic E-state index is 13.3. The van der Waals surface area contributed by atoms with Crippen molar-refractivity contribution >= 4 is 11.8 Å². The van der Waals surface area contributed by atoms with Crippen LogP contribution in [0.1, 0.15) is 71.4 Å². The van der Waals surface area contributed by atoms with Crippen molar-refractivity contribution in [2.45, 2.75) is 64.5 Å². The van der Waals surface area contributed by atoms with E-state index in [1.54, 1.807) is 0 Å². The molecule has 158 valence electrons. The number of carbonyl (C=O) groups is 2. The van der Waals surface area contributed by atoms with Crippen LogP contribution in [0.4, 0.5) is 0 Å². The minimum absolute atomic E-state index is 0.0257. The van der Waals surface area contributed by atoms with Gasteiger partial charge in [-0.25, -0.2) is 0 Å². The van der Waals surface area contributed by atoms with E-state index in [9.17, 15) is 9.59 Å². The van der Waals surface area contributed by atoms with Crippen molar-refractivity contribution in [3.8, 4) is 0 Å². The molecule has 2 aliphatic heterocycles. The molecule has 0 bridgehead atoms. The summed E-state index contributed by atoms with van der Waals surface area (Å²) in [6.07, 6.45) is 8.43. The quantitative estimate of drug-likeness (QED) is 0.845. The number of carbonyl (C=O) groups excluding carboxylic acids is 2. The lowest BCUT2D eigenvalue weighted by Crippen LogP contribution is -2.39. The number of benzene rings is 1. The van der Waals surface area contributed by atoms with E-state index in [1.807, 2.05) is 15.9 Å². The van der Waals surface area contributed by atoms with E-state index in [2.05, 4.69) is 28.4 Å². The van der Waals surface area contributed by atoms with Crippen molar-refractivity contribution in [3.05, 3.63) is 52.3 Å². The minimum atomic E-state index is -0.0257. The summed E-state index contributed by atoms with van der Waals surface area (Å²) in [7, 11) is 0. The molecule has 3 aliphatic rings. The van der Waals surface area contributed by atoms with Crippen molar-refractivity contribution in [2.24, 2.45) is 5.92 Å². The number of hydrogen-bond acceptors (Lipinski definition) is 3. The molecule has 0 saturated heterocycles. The highest BCUT2D eigenvalue weighted by molar-refractivity contribution is 5.94. The van der Waals surface area contributed by atoms with Crippen LogP contribution >= 0.6 is 0 Å². The average molecular weight is 407 g/mol. The number of aromatic nitrogens is 2. The Morgan fingerprint density at radius 1 is 1.00 bits per heavy atom. The van der Waals surface area contributed by atoms with Gasteiger partial charge in [-0.1, -0.05) is 49.9 Å². The Morgan fingerprint density at radius 2 is 1.77 bits per heavy atom.